The number of nitrogens with zero attached hydrogens (tertiary/aromatic N) is 2. The van der Waals surface area contributed by atoms with Gasteiger partial charge in [0.2, 0.25) is 5.91 Å². The number of carbonyl (C=O) groups excluding carboxylic acids is 1. The lowest BCUT2D eigenvalue weighted by Crippen LogP contribution is -2.48. The van der Waals surface area contributed by atoms with E-state index in [-0.39, 0.29) is 5.91 Å². The van der Waals surface area contributed by atoms with Crippen LogP contribution >= 0.6 is 0 Å². The number of benzene rings is 1. The molecule has 1 aliphatic rings. The smallest absolute Gasteiger partial charge is 0.219 e. The van der Waals surface area contributed by atoms with Crippen LogP contribution < -0.4 is 4.90 Å². The molecule has 1 aliphatic heterocycles. The zero-order valence-corrected chi connectivity index (χ0v) is 11.6. The lowest BCUT2D eigenvalue weighted by molar-refractivity contribution is -0.129. The van der Waals surface area contributed by atoms with Crippen molar-refractivity contribution in [3.05, 3.63) is 42.7 Å². The molecule has 0 radical (unpaired) electrons. The van der Waals surface area contributed by atoms with E-state index >= 15 is 0 Å². The summed E-state index contributed by atoms with van der Waals surface area (Å²) in [5.41, 5.74) is 2.28. The summed E-state index contributed by atoms with van der Waals surface area (Å²) in [5.74, 6) is 1.04. The Kier molecular flexibility index (Phi) is 3.46. The third-order valence-corrected chi connectivity index (χ3v) is 3.76. The highest BCUT2D eigenvalue weighted by molar-refractivity contribution is 5.76. The van der Waals surface area contributed by atoms with E-state index in [2.05, 4.69) is 17.0 Å². The van der Waals surface area contributed by atoms with Gasteiger partial charge >= 0.3 is 0 Å². The van der Waals surface area contributed by atoms with E-state index in [0.717, 1.165) is 37.5 Å². The first-order valence-corrected chi connectivity index (χ1v) is 6.89. The topological polar surface area (TPSA) is 36.7 Å². The minimum Gasteiger partial charge on any atom is -0.464 e. The summed E-state index contributed by atoms with van der Waals surface area (Å²) >= 11 is 0. The molecule has 2 heterocycles. The Balaban J connectivity index is 1.83. The number of furan rings is 1. The summed E-state index contributed by atoms with van der Waals surface area (Å²) in [6, 6.07) is 12.1. The summed E-state index contributed by atoms with van der Waals surface area (Å²) in [5, 5.41) is 0. The quantitative estimate of drug-likeness (QED) is 0.841. The summed E-state index contributed by atoms with van der Waals surface area (Å²) in [6.07, 6.45) is 1.69. The first kappa shape index (κ1) is 12.8. The first-order chi connectivity index (χ1) is 9.75. The van der Waals surface area contributed by atoms with E-state index in [1.165, 1.54) is 5.69 Å². The maximum atomic E-state index is 11.4. The third kappa shape index (κ3) is 2.41. The number of para-hydroxylation sites is 1. The van der Waals surface area contributed by atoms with Crippen LogP contribution in [0.3, 0.4) is 0 Å². The summed E-state index contributed by atoms with van der Waals surface area (Å²) in [4.78, 5) is 15.6. The molecule has 1 aromatic heterocycles. The van der Waals surface area contributed by atoms with E-state index in [4.69, 9.17) is 4.42 Å². The average Bonchev–Trinajstić information content (AvgIpc) is 3.01. The minimum absolute atomic E-state index is 0.156. The van der Waals surface area contributed by atoms with Crippen LogP contribution in [0.25, 0.3) is 11.3 Å². The molecule has 0 unspecified atom stereocenters. The van der Waals surface area contributed by atoms with Crippen molar-refractivity contribution in [1.29, 1.82) is 0 Å². The van der Waals surface area contributed by atoms with Gasteiger partial charge in [0.1, 0.15) is 5.76 Å². The van der Waals surface area contributed by atoms with Crippen LogP contribution in [0.4, 0.5) is 5.69 Å². The van der Waals surface area contributed by atoms with Gasteiger partial charge in [0, 0.05) is 44.4 Å². The van der Waals surface area contributed by atoms with Gasteiger partial charge < -0.3 is 14.2 Å². The molecule has 0 saturated carbocycles. The first-order valence-electron chi connectivity index (χ1n) is 6.89. The Hall–Kier alpha value is -2.23. The van der Waals surface area contributed by atoms with E-state index in [9.17, 15) is 4.79 Å². The molecule has 0 N–H and O–H groups in total. The molecule has 4 nitrogen and oxygen atoms in total. The predicted molar refractivity (Wildman–Crippen MR) is 78.6 cm³/mol. The van der Waals surface area contributed by atoms with Crippen molar-refractivity contribution in [2.75, 3.05) is 31.1 Å². The van der Waals surface area contributed by atoms with Gasteiger partial charge in [-0.15, -0.1) is 0 Å². The Labute approximate surface area is 118 Å². The van der Waals surface area contributed by atoms with Crippen molar-refractivity contribution in [2.24, 2.45) is 0 Å². The number of hydrogen-bond donors (Lipinski definition) is 0. The summed E-state index contributed by atoms with van der Waals surface area (Å²) < 4.78 is 5.52. The zero-order chi connectivity index (χ0) is 13.9. The van der Waals surface area contributed by atoms with Crippen molar-refractivity contribution in [3.63, 3.8) is 0 Å². The Morgan fingerprint density at radius 1 is 1.05 bits per heavy atom. The van der Waals surface area contributed by atoms with Gasteiger partial charge in [-0.2, -0.15) is 0 Å². The number of piperazine rings is 1. The van der Waals surface area contributed by atoms with Crippen LogP contribution in [0.2, 0.25) is 0 Å². The van der Waals surface area contributed by atoms with Crippen molar-refractivity contribution in [1.82, 2.24) is 4.90 Å². The maximum Gasteiger partial charge on any atom is 0.219 e. The molecule has 0 spiro atoms. The Morgan fingerprint density at radius 3 is 2.45 bits per heavy atom. The van der Waals surface area contributed by atoms with Gasteiger partial charge in [-0.1, -0.05) is 12.1 Å². The SMILES string of the molecule is CC(=O)N1CCN(c2ccccc2-c2ccco2)CC1. The van der Waals surface area contributed by atoms with E-state index in [0.29, 0.717) is 0 Å². The highest BCUT2D eigenvalue weighted by atomic mass is 16.3. The minimum atomic E-state index is 0.156. The van der Waals surface area contributed by atoms with Crippen LogP contribution in [-0.2, 0) is 4.79 Å². The van der Waals surface area contributed by atoms with E-state index in [1.54, 1.807) is 13.2 Å². The van der Waals surface area contributed by atoms with Crippen LogP contribution in [0, 0.1) is 0 Å². The second-order valence-electron chi connectivity index (χ2n) is 4.99. The number of anilines is 1. The predicted octanol–water partition coefficient (Wildman–Crippen LogP) is 2.62. The van der Waals surface area contributed by atoms with Crippen LogP contribution in [0.1, 0.15) is 6.92 Å². The van der Waals surface area contributed by atoms with Gasteiger partial charge in [-0.05, 0) is 24.3 Å². The fourth-order valence-corrected chi connectivity index (χ4v) is 2.65. The molecule has 3 rings (SSSR count). The molecule has 2 aromatic rings. The number of carbonyl (C=O) groups is 1. The highest BCUT2D eigenvalue weighted by Gasteiger charge is 2.21. The monoisotopic (exact) mass is 270 g/mol. The molecule has 1 aromatic carbocycles. The number of rotatable bonds is 2. The largest absolute Gasteiger partial charge is 0.464 e. The lowest BCUT2D eigenvalue weighted by atomic mass is 10.1. The number of amides is 1. The second-order valence-corrected chi connectivity index (χ2v) is 4.99. The fraction of sp³-hybridized carbons (Fsp3) is 0.312. The van der Waals surface area contributed by atoms with Crippen molar-refractivity contribution in [2.45, 2.75) is 6.92 Å². The maximum absolute atomic E-state index is 11.4. The Morgan fingerprint density at radius 2 is 1.80 bits per heavy atom. The third-order valence-electron chi connectivity index (χ3n) is 3.76. The van der Waals surface area contributed by atoms with Crippen molar-refractivity contribution in [3.8, 4) is 11.3 Å². The van der Waals surface area contributed by atoms with Gasteiger partial charge in [0.25, 0.3) is 0 Å². The van der Waals surface area contributed by atoms with Crippen molar-refractivity contribution < 1.29 is 9.21 Å². The number of hydrogen-bond acceptors (Lipinski definition) is 3. The molecular weight excluding hydrogens is 252 g/mol. The van der Waals surface area contributed by atoms with Gasteiger partial charge in [0.15, 0.2) is 0 Å². The van der Waals surface area contributed by atoms with E-state index in [1.807, 2.05) is 29.2 Å². The highest BCUT2D eigenvalue weighted by Crippen LogP contribution is 2.31. The Bertz CT molecular complexity index is 584. The molecule has 1 amide bonds. The molecule has 1 fully saturated rings. The normalized spacial score (nSPS) is 15.4. The van der Waals surface area contributed by atoms with Crippen LogP contribution in [-0.4, -0.2) is 37.0 Å². The van der Waals surface area contributed by atoms with Gasteiger partial charge in [0.05, 0.1) is 6.26 Å². The molecule has 104 valence electrons. The average molecular weight is 270 g/mol. The zero-order valence-electron chi connectivity index (χ0n) is 11.6. The van der Waals surface area contributed by atoms with Gasteiger partial charge in [-0.25, -0.2) is 0 Å². The molecule has 0 bridgehead atoms. The van der Waals surface area contributed by atoms with Gasteiger partial charge in [-0.3, -0.25) is 4.79 Å². The summed E-state index contributed by atoms with van der Waals surface area (Å²) in [6.45, 7) is 4.91. The lowest BCUT2D eigenvalue weighted by Gasteiger charge is -2.36. The van der Waals surface area contributed by atoms with Crippen molar-refractivity contribution >= 4 is 11.6 Å². The fourth-order valence-electron chi connectivity index (χ4n) is 2.65. The molecular formula is C16H18N2O2. The van der Waals surface area contributed by atoms with E-state index < -0.39 is 0 Å². The molecule has 4 heteroatoms. The molecule has 1 saturated heterocycles. The van der Waals surface area contributed by atoms with Crippen LogP contribution in [0.5, 0.6) is 0 Å². The molecule has 0 aliphatic carbocycles. The standard InChI is InChI=1S/C16H18N2O2/c1-13(19)17-8-10-18(11-9-17)15-6-3-2-5-14(15)16-7-4-12-20-16/h2-7,12H,8-11H2,1H3. The van der Waals surface area contributed by atoms with Crippen LogP contribution in [0.15, 0.2) is 47.1 Å². The molecule has 0 atom stereocenters. The molecule has 20 heavy (non-hydrogen) atoms. The second kappa shape index (κ2) is 5.41. The summed E-state index contributed by atoms with van der Waals surface area (Å²) in [7, 11) is 0.